The normalized spacial score (nSPS) is 11.6. The molecule has 0 fully saturated rings. The van der Waals surface area contributed by atoms with Gasteiger partial charge in [0.15, 0.2) is 0 Å². The fourth-order valence-electron chi connectivity index (χ4n) is 0.632. The van der Waals surface area contributed by atoms with E-state index >= 15 is 0 Å². The van der Waals surface area contributed by atoms with Gasteiger partial charge in [-0.25, -0.2) is 8.42 Å². The molecule has 0 bridgehead atoms. The van der Waals surface area contributed by atoms with Crippen LogP contribution in [0.1, 0.15) is 0 Å². The molecule has 0 atom stereocenters. The van der Waals surface area contributed by atoms with Crippen molar-refractivity contribution < 1.29 is 8.42 Å². The van der Waals surface area contributed by atoms with E-state index in [0.717, 1.165) is 0 Å². The standard InChI is InChI=1S/C5H2BrCl2NO2S/c6-3-1-9-2-4(7)5(3)12(8,10)11/h1-2H. The van der Waals surface area contributed by atoms with E-state index in [4.69, 9.17) is 22.3 Å². The number of rotatable bonds is 1. The molecule has 0 unspecified atom stereocenters. The highest BCUT2D eigenvalue weighted by atomic mass is 79.9. The Kier molecular flexibility index (Phi) is 2.98. The number of halogens is 3. The molecule has 7 heteroatoms. The first-order valence-electron chi connectivity index (χ1n) is 2.66. The zero-order valence-corrected chi connectivity index (χ0v) is 9.37. The topological polar surface area (TPSA) is 47.0 Å². The number of hydrogen-bond acceptors (Lipinski definition) is 3. The molecular formula is C5H2BrCl2NO2S. The highest BCUT2D eigenvalue weighted by Crippen LogP contribution is 2.30. The van der Waals surface area contributed by atoms with Crippen LogP contribution in [0.4, 0.5) is 0 Å². The van der Waals surface area contributed by atoms with E-state index in [9.17, 15) is 8.42 Å². The fourth-order valence-corrected chi connectivity index (χ4v) is 3.65. The predicted octanol–water partition coefficient (Wildman–Crippen LogP) is 2.42. The van der Waals surface area contributed by atoms with Crippen molar-refractivity contribution >= 4 is 47.3 Å². The Bertz CT molecular complexity index is 386. The molecule has 0 saturated carbocycles. The van der Waals surface area contributed by atoms with Crippen molar-refractivity contribution in [3.05, 3.63) is 21.9 Å². The zero-order valence-electron chi connectivity index (χ0n) is 5.46. The van der Waals surface area contributed by atoms with Crippen LogP contribution in [0.25, 0.3) is 0 Å². The molecule has 1 aromatic rings. The molecule has 1 heterocycles. The van der Waals surface area contributed by atoms with E-state index in [1.165, 1.54) is 12.4 Å². The van der Waals surface area contributed by atoms with Gasteiger partial charge >= 0.3 is 0 Å². The lowest BCUT2D eigenvalue weighted by Gasteiger charge is -2.00. The molecule has 1 rings (SSSR count). The van der Waals surface area contributed by atoms with Gasteiger partial charge in [-0.15, -0.1) is 0 Å². The van der Waals surface area contributed by atoms with Gasteiger partial charge < -0.3 is 0 Å². The predicted molar refractivity (Wildman–Crippen MR) is 50.0 cm³/mol. The number of aromatic nitrogens is 1. The van der Waals surface area contributed by atoms with Crippen molar-refractivity contribution in [2.24, 2.45) is 0 Å². The van der Waals surface area contributed by atoms with Gasteiger partial charge in [0.1, 0.15) is 4.90 Å². The third-order valence-electron chi connectivity index (χ3n) is 1.05. The van der Waals surface area contributed by atoms with E-state index in [1.807, 2.05) is 0 Å². The van der Waals surface area contributed by atoms with Gasteiger partial charge in [0, 0.05) is 23.1 Å². The lowest BCUT2D eigenvalue weighted by atomic mass is 10.5. The van der Waals surface area contributed by atoms with Crippen LogP contribution in [-0.2, 0) is 9.05 Å². The Morgan fingerprint density at radius 2 is 2.00 bits per heavy atom. The molecule has 0 aromatic carbocycles. The Morgan fingerprint density at radius 1 is 1.42 bits per heavy atom. The Hall–Kier alpha value is 0.160. The largest absolute Gasteiger partial charge is 0.264 e. The first kappa shape index (κ1) is 10.2. The molecule has 0 saturated heterocycles. The van der Waals surface area contributed by atoms with Crippen molar-refractivity contribution in [2.45, 2.75) is 4.90 Å². The summed E-state index contributed by atoms with van der Waals surface area (Å²) in [6.45, 7) is 0. The van der Waals surface area contributed by atoms with Crippen molar-refractivity contribution in [1.82, 2.24) is 4.98 Å². The van der Waals surface area contributed by atoms with Gasteiger partial charge in [0.2, 0.25) is 0 Å². The minimum Gasteiger partial charge on any atom is -0.262 e. The minimum atomic E-state index is -3.81. The van der Waals surface area contributed by atoms with Crippen LogP contribution in [0.3, 0.4) is 0 Å². The van der Waals surface area contributed by atoms with Crippen LogP contribution in [0.5, 0.6) is 0 Å². The summed E-state index contributed by atoms with van der Waals surface area (Å²) < 4.78 is 22.1. The molecule has 0 aliphatic rings. The summed E-state index contributed by atoms with van der Waals surface area (Å²) in [5.74, 6) is 0. The molecule has 12 heavy (non-hydrogen) atoms. The van der Waals surface area contributed by atoms with Gasteiger partial charge in [0.05, 0.1) is 9.50 Å². The van der Waals surface area contributed by atoms with Gasteiger partial charge in [0.25, 0.3) is 9.05 Å². The van der Waals surface area contributed by atoms with Crippen LogP contribution in [0, 0.1) is 0 Å². The van der Waals surface area contributed by atoms with Crippen molar-refractivity contribution in [1.29, 1.82) is 0 Å². The van der Waals surface area contributed by atoms with E-state index in [1.54, 1.807) is 0 Å². The summed E-state index contributed by atoms with van der Waals surface area (Å²) in [5.41, 5.74) is 0. The summed E-state index contributed by atoms with van der Waals surface area (Å²) in [5, 5.41) is -0.000579. The molecule has 1 aromatic heterocycles. The molecule has 0 N–H and O–H groups in total. The lowest BCUT2D eigenvalue weighted by Crippen LogP contribution is -1.94. The third kappa shape index (κ3) is 2.10. The second-order valence-electron chi connectivity index (χ2n) is 1.87. The average Bonchev–Trinajstić information content (AvgIpc) is 1.82. The zero-order chi connectivity index (χ0) is 9.35. The first-order valence-corrected chi connectivity index (χ1v) is 6.14. The maximum Gasteiger partial charge on any atom is 0.264 e. The Balaban J connectivity index is 3.53. The van der Waals surface area contributed by atoms with Crippen LogP contribution < -0.4 is 0 Å². The van der Waals surface area contributed by atoms with Gasteiger partial charge in [-0.2, -0.15) is 0 Å². The second-order valence-corrected chi connectivity index (χ2v) is 5.63. The van der Waals surface area contributed by atoms with Crippen molar-refractivity contribution in [2.75, 3.05) is 0 Å². The minimum absolute atomic E-state index is 0.000579. The average molecular weight is 291 g/mol. The summed E-state index contributed by atoms with van der Waals surface area (Å²) >= 11 is 8.53. The molecular weight excluding hydrogens is 289 g/mol. The maximum absolute atomic E-state index is 10.9. The first-order chi connectivity index (χ1) is 5.43. The molecule has 0 amide bonds. The molecule has 0 radical (unpaired) electrons. The highest BCUT2D eigenvalue weighted by Gasteiger charge is 2.18. The van der Waals surface area contributed by atoms with Gasteiger partial charge in [-0.05, 0) is 15.9 Å². The van der Waals surface area contributed by atoms with E-state index in [2.05, 4.69) is 20.9 Å². The van der Waals surface area contributed by atoms with Crippen molar-refractivity contribution in [3.8, 4) is 0 Å². The van der Waals surface area contributed by atoms with E-state index in [0.29, 0.717) is 0 Å². The molecule has 0 aliphatic heterocycles. The van der Waals surface area contributed by atoms with Crippen LogP contribution >= 0.6 is 38.2 Å². The summed E-state index contributed by atoms with van der Waals surface area (Å²) in [7, 11) is 1.29. The van der Waals surface area contributed by atoms with E-state index < -0.39 is 9.05 Å². The van der Waals surface area contributed by atoms with Crippen LogP contribution in [0.2, 0.25) is 5.02 Å². The summed E-state index contributed by atoms with van der Waals surface area (Å²) in [6.07, 6.45) is 2.52. The quantitative estimate of drug-likeness (QED) is 0.746. The smallest absolute Gasteiger partial charge is 0.262 e. The SMILES string of the molecule is O=S(=O)(Cl)c1c(Cl)cncc1Br. The molecule has 0 aliphatic carbocycles. The second kappa shape index (κ2) is 3.49. The van der Waals surface area contributed by atoms with Gasteiger partial charge in [-0.3, -0.25) is 4.98 Å². The highest BCUT2D eigenvalue weighted by molar-refractivity contribution is 9.10. The molecule has 66 valence electrons. The third-order valence-corrected chi connectivity index (χ3v) is 3.71. The lowest BCUT2D eigenvalue weighted by molar-refractivity contribution is 0.609. The van der Waals surface area contributed by atoms with Crippen LogP contribution in [0.15, 0.2) is 21.8 Å². The summed E-state index contributed by atoms with van der Waals surface area (Å²) in [6, 6.07) is 0. The number of pyridine rings is 1. The van der Waals surface area contributed by atoms with Gasteiger partial charge in [-0.1, -0.05) is 11.6 Å². The Morgan fingerprint density at radius 3 is 2.33 bits per heavy atom. The van der Waals surface area contributed by atoms with Crippen LogP contribution in [-0.4, -0.2) is 13.4 Å². The molecule has 3 nitrogen and oxygen atoms in total. The summed E-state index contributed by atoms with van der Waals surface area (Å²) in [4.78, 5) is 3.50. The van der Waals surface area contributed by atoms with Crippen molar-refractivity contribution in [3.63, 3.8) is 0 Å². The monoisotopic (exact) mass is 289 g/mol. The Labute approximate surface area is 87.3 Å². The maximum atomic E-state index is 10.9. The number of nitrogens with zero attached hydrogens (tertiary/aromatic N) is 1. The number of hydrogen-bond donors (Lipinski definition) is 0. The fraction of sp³-hybridized carbons (Fsp3) is 0. The van der Waals surface area contributed by atoms with E-state index in [-0.39, 0.29) is 14.4 Å². The molecule has 0 spiro atoms.